The molecule has 2 aromatic rings. The van der Waals surface area contributed by atoms with E-state index in [9.17, 15) is 4.79 Å². The van der Waals surface area contributed by atoms with Crippen molar-refractivity contribution in [2.75, 3.05) is 31.1 Å². The summed E-state index contributed by atoms with van der Waals surface area (Å²) >= 11 is 0. The number of rotatable bonds is 6. The normalized spacial score (nSPS) is 15.2. The third-order valence-corrected chi connectivity index (χ3v) is 5.50. The van der Waals surface area contributed by atoms with Crippen LogP contribution in [-0.4, -0.2) is 47.2 Å². The van der Waals surface area contributed by atoms with Gasteiger partial charge in [0.05, 0.1) is 0 Å². The summed E-state index contributed by atoms with van der Waals surface area (Å²) in [6.45, 7) is 13.6. The van der Waals surface area contributed by atoms with Gasteiger partial charge in [0.15, 0.2) is 0 Å². The third-order valence-electron chi connectivity index (χ3n) is 5.50. The van der Waals surface area contributed by atoms with E-state index in [1.165, 1.54) is 11.1 Å². The van der Waals surface area contributed by atoms with Crippen molar-refractivity contribution in [1.29, 1.82) is 0 Å². The number of benzene rings is 1. The van der Waals surface area contributed by atoms with Gasteiger partial charge in [0.2, 0.25) is 11.8 Å². The largest absolute Gasteiger partial charge is 0.408 e. The first kappa shape index (κ1) is 21.3. The van der Waals surface area contributed by atoms with E-state index in [0.717, 1.165) is 25.9 Å². The number of aromatic nitrogens is 2. The summed E-state index contributed by atoms with van der Waals surface area (Å²) < 4.78 is 5.72. The Hall–Kier alpha value is -2.37. The van der Waals surface area contributed by atoms with E-state index >= 15 is 0 Å². The molecule has 0 N–H and O–H groups in total. The molecule has 0 saturated carbocycles. The van der Waals surface area contributed by atoms with Gasteiger partial charge in [-0.1, -0.05) is 64.0 Å². The first-order valence-electron chi connectivity index (χ1n) is 10.7. The Morgan fingerprint density at radius 3 is 2.28 bits per heavy atom. The van der Waals surface area contributed by atoms with E-state index in [4.69, 9.17) is 4.42 Å². The molecule has 0 spiro atoms. The van der Waals surface area contributed by atoms with Crippen molar-refractivity contribution in [3.63, 3.8) is 0 Å². The van der Waals surface area contributed by atoms with Crippen molar-refractivity contribution in [2.24, 2.45) is 0 Å². The number of amides is 1. The van der Waals surface area contributed by atoms with Crippen LogP contribution in [-0.2, 0) is 16.6 Å². The van der Waals surface area contributed by atoms with Gasteiger partial charge in [0.1, 0.15) is 0 Å². The molecular weight excluding hydrogens is 364 g/mol. The van der Waals surface area contributed by atoms with Crippen molar-refractivity contribution in [1.82, 2.24) is 15.1 Å². The molecule has 6 heteroatoms. The van der Waals surface area contributed by atoms with Gasteiger partial charge in [-0.3, -0.25) is 4.79 Å². The van der Waals surface area contributed by atoms with Crippen LogP contribution >= 0.6 is 0 Å². The Labute approximate surface area is 174 Å². The molecular formula is C23H34N4O2. The summed E-state index contributed by atoms with van der Waals surface area (Å²) in [5.74, 6) is 1.13. The molecule has 0 bridgehead atoms. The van der Waals surface area contributed by atoms with Gasteiger partial charge >= 0.3 is 6.01 Å². The molecule has 1 aromatic carbocycles. The number of anilines is 1. The van der Waals surface area contributed by atoms with Gasteiger partial charge in [-0.15, -0.1) is 5.10 Å². The summed E-state index contributed by atoms with van der Waals surface area (Å²) in [5, 5.41) is 8.24. The van der Waals surface area contributed by atoms with Crippen LogP contribution in [0.3, 0.4) is 0 Å². The van der Waals surface area contributed by atoms with Gasteiger partial charge in [0.25, 0.3) is 0 Å². The van der Waals surface area contributed by atoms with Crippen molar-refractivity contribution in [2.45, 2.75) is 65.2 Å². The van der Waals surface area contributed by atoms with E-state index < -0.39 is 0 Å². The molecule has 0 atom stereocenters. The molecule has 1 aliphatic rings. The number of carbonyl (C=O) groups excluding carboxylic acids is 1. The molecule has 0 radical (unpaired) electrons. The standard InChI is InChI=1S/C23H34N4O2/c1-17(2)21-24-25-22(29-21)27-15-13-26(14-16-27)20(28)8-6-7-18-9-11-19(12-10-18)23(3,4)5/h9-12,17H,6-8,13-16H2,1-5H3. The zero-order valence-electron chi connectivity index (χ0n) is 18.4. The number of nitrogens with zero attached hydrogens (tertiary/aromatic N) is 4. The Kier molecular flexibility index (Phi) is 6.60. The molecule has 0 unspecified atom stereocenters. The van der Waals surface area contributed by atoms with Gasteiger partial charge in [-0.2, -0.15) is 0 Å². The highest BCUT2D eigenvalue weighted by Gasteiger charge is 2.24. The van der Waals surface area contributed by atoms with Gasteiger partial charge in [-0.25, -0.2) is 0 Å². The Morgan fingerprint density at radius 1 is 1.07 bits per heavy atom. The van der Waals surface area contributed by atoms with Crippen LogP contribution in [0.15, 0.2) is 28.7 Å². The minimum absolute atomic E-state index is 0.175. The fourth-order valence-electron chi connectivity index (χ4n) is 3.51. The molecule has 3 rings (SSSR count). The second kappa shape index (κ2) is 8.97. The predicted molar refractivity (Wildman–Crippen MR) is 115 cm³/mol. The van der Waals surface area contributed by atoms with Crippen LogP contribution in [0.1, 0.15) is 70.4 Å². The van der Waals surface area contributed by atoms with E-state index in [1.807, 2.05) is 18.7 Å². The van der Waals surface area contributed by atoms with Crippen molar-refractivity contribution >= 4 is 11.9 Å². The second-order valence-electron chi connectivity index (χ2n) is 9.25. The summed E-state index contributed by atoms with van der Waals surface area (Å²) in [4.78, 5) is 16.6. The lowest BCUT2D eigenvalue weighted by molar-refractivity contribution is -0.131. The minimum Gasteiger partial charge on any atom is -0.408 e. The highest BCUT2D eigenvalue weighted by atomic mass is 16.4. The summed E-state index contributed by atoms with van der Waals surface area (Å²) in [7, 11) is 0. The van der Waals surface area contributed by atoms with Crippen molar-refractivity contribution in [3.05, 3.63) is 41.3 Å². The minimum atomic E-state index is 0.175. The topological polar surface area (TPSA) is 62.5 Å². The maximum atomic E-state index is 12.6. The van der Waals surface area contributed by atoms with Gasteiger partial charge in [0, 0.05) is 38.5 Å². The van der Waals surface area contributed by atoms with E-state index in [2.05, 4.69) is 60.1 Å². The third kappa shape index (κ3) is 5.58. The fraction of sp³-hybridized carbons (Fsp3) is 0.609. The van der Waals surface area contributed by atoms with Crippen LogP contribution in [0.2, 0.25) is 0 Å². The molecule has 1 saturated heterocycles. The summed E-state index contributed by atoms with van der Waals surface area (Å²) in [6, 6.07) is 9.37. The lowest BCUT2D eigenvalue weighted by Crippen LogP contribution is -2.48. The Balaban J connectivity index is 1.41. The zero-order chi connectivity index (χ0) is 21.0. The van der Waals surface area contributed by atoms with E-state index in [-0.39, 0.29) is 17.2 Å². The van der Waals surface area contributed by atoms with E-state index in [0.29, 0.717) is 31.4 Å². The predicted octanol–water partition coefficient (Wildman–Crippen LogP) is 4.16. The maximum absolute atomic E-state index is 12.6. The quantitative estimate of drug-likeness (QED) is 0.731. The summed E-state index contributed by atoms with van der Waals surface area (Å²) in [5.41, 5.74) is 2.82. The van der Waals surface area contributed by atoms with Crippen LogP contribution in [0.25, 0.3) is 0 Å². The molecule has 6 nitrogen and oxygen atoms in total. The molecule has 0 aliphatic carbocycles. The van der Waals surface area contributed by atoms with Crippen LogP contribution in [0, 0.1) is 0 Å². The molecule has 1 aliphatic heterocycles. The highest BCUT2D eigenvalue weighted by molar-refractivity contribution is 5.76. The fourth-order valence-corrected chi connectivity index (χ4v) is 3.51. The molecule has 1 fully saturated rings. The summed E-state index contributed by atoms with van der Waals surface area (Å²) in [6.07, 6.45) is 2.42. The average molecular weight is 399 g/mol. The number of hydrogen-bond donors (Lipinski definition) is 0. The SMILES string of the molecule is CC(C)c1nnc(N2CCN(C(=O)CCCc3ccc(C(C)(C)C)cc3)CC2)o1. The zero-order valence-corrected chi connectivity index (χ0v) is 18.4. The second-order valence-corrected chi connectivity index (χ2v) is 9.25. The van der Waals surface area contributed by atoms with Crippen LogP contribution < -0.4 is 4.90 Å². The molecule has 158 valence electrons. The molecule has 1 amide bonds. The molecule has 2 heterocycles. The monoisotopic (exact) mass is 398 g/mol. The number of aryl methyl sites for hydroxylation is 1. The van der Waals surface area contributed by atoms with E-state index in [1.54, 1.807) is 0 Å². The lowest BCUT2D eigenvalue weighted by Gasteiger charge is -2.33. The number of carbonyl (C=O) groups is 1. The maximum Gasteiger partial charge on any atom is 0.318 e. The van der Waals surface area contributed by atoms with Gasteiger partial charge < -0.3 is 14.2 Å². The van der Waals surface area contributed by atoms with Crippen LogP contribution in [0.4, 0.5) is 6.01 Å². The average Bonchev–Trinajstić information content (AvgIpc) is 3.18. The molecule has 1 aromatic heterocycles. The van der Waals surface area contributed by atoms with Crippen molar-refractivity contribution < 1.29 is 9.21 Å². The van der Waals surface area contributed by atoms with Crippen LogP contribution in [0.5, 0.6) is 0 Å². The molecule has 29 heavy (non-hydrogen) atoms. The van der Waals surface area contributed by atoms with Gasteiger partial charge in [-0.05, 0) is 29.4 Å². The Morgan fingerprint density at radius 2 is 1.72 bits per heavy atom. The number of hydrogen-bond acceptors (Lipinski definition) is 5. The number of piperazine rings is 1. The smallest absolute Gasteiger partial charge is 0.318 e. The lowest BCUT2D eigenvalue weighted by atomic mass is 9.86. The highest BCUT2D eigenvalue weighted by Crippen LogP contribution is 2.23. The first-order chi connectivity index (χ1) is 13.7. The van der Waals surface area contributed by atoms with Crippen molar-refractivity contribution in [3.8, 4) is 0 Å². The Bertz CT molecular complexity index is 797. The first-order valence-corrected chi connectivity index (χ1v) is 10.7.